The fourth-order valence-electron chi connectivity index (χ4n) is 1.93. The molecule has 0 saturated heterocycles. The Hall–Kier alpha value is -1.97. The van der Waals surface area contributed by atoms with Gasteiger partial charge in [-0.15, -0.1) is 0 Å². The van der Waals surface area contributed by atoms with Crippen LogP contribution in [0.3, 0.4) is 0 Å². The lowest BCUT2D eigenvalue weighted by Gasteiger charge is -2.17. The van der Waals surface area contributed by atoms with Crippen molar-refractivity contribution in [1.29, 1.82) is 0 Å². The number of hydrogen-bond acceptors (Lipinski definition) is 5. The molecule has 0 aromatic heterocycles. The average molecular weight is 356 g/mol. The third-order valence-corrected chi connectivity index (χ3v) is 5.02. The lowest BCUT2D eigenvalue weighted by atomic mass is 10.3. The molecule has 24 heavy (non-hydrogen) atoms. The van der Waals surface area contributed by atoms with E-state index in [1.54, 1.807) is 0 Å². The first-order chi connectivity index (χ1) is 11.3. The molecule has 0 fully saturated rings. The van der Waals surface area contributed by atoms with Gasteiger partial charge in [-0.05, 0) is 43.7 Å². The zero-order valence-electron chi connectivity index (χ0n) is 13.9. The van der Waals surface area contributed by atoms with Crippen molar-refractivity contribution in [2.24, 2.45) is 5.73 Å². The summed E-state index contributed by atoms with van der Waals surface area (Å²) in [6.07, 6.45) is 1.55. The molecule has 1 aromatic carbocycles. The second kappa shape index (κ2) is 9.36. The molecule has 4 N–H and O–H groups in total. The summed E-state index contributed by atoms with van der Waals surface area (Å²) in [5.74, 6) is -0.609. The highest BCUT2D eigenvalue weighted by Crippen LogP contribution is 2.17. The topological polar surface area (TPSA) is 122 Å². The number of amides is 2. The summed E-state index contributed by atoms with van der Waals surface area (Å²) < 4.78 is 25.8. The van der Waals surface area contributed by atoms with Gasteiger partial charge in [-0.25, -0.2) is 8.42 Å². The molecule has 0 bridgehead atoms. The largest absolute Gasteiger partial charge is 0.355 e. The quantitative estimate of drug-likeness (QED) is 0.543. The lowest BCUT2D eigenvalue weighted by molar-refractivity contribution is -0.121. The number of hydrogen-bond donors (Lipinski definition) is 3. The maximum Gasteiger partial charge on any atom is 0.243 e. The van der Waals surface area contributed by atoms with Gasteiger partial charge in [0.15, 0.2) is 0 Å². The van der Waals surface area contributed by atoms with Crippen LogP contribution in [0.1, 0.15) is 19.8 Å². The summed E-state index contributed by atoms with van der Waals surface area (Å²) in [6, 6.07) is 5.76. The number of carbonyl (C=O) groups is 2. The van der Waals surface area contributed by atoms with Crippen molar-refractivity contribution in [3.05, 3.63) is 24.3 Å². The van der Waals surface area contributed by atoms with Gasteiger partial charge in [0.25, 0.3) is 0 Å². The average Bonchev–Trinajstić information content (AvgIpc) is 2.51. The van der Waals surface area contributed by atoms with Gasteiger partial charge in [-0.1, -0.05) is 0 Å². The van der Waals surface area contributed by atoms with Crippen molar-refractivity contribution in [2.75, 3.05) is 32.0 Å². The molecule has 2 amide bonds. The Kier molecular flexibility index (Phi) is 7.83. The first-order valence-electron chi connectivity index (χ1n) is 7.58. The van der Waals surface area contributed by atoms with Crippen molar-refractivity contribution in [1.82, 2.24) is 9.62 Å². The first-order valence-corrected chi connectivity index (χ1v) is 9.02. The van der Waals surface area contributed by atoms with Gasteiger partial charge >= 0.3 is 0 Å². The van der Waals surface area contributed by atoms with E-state index in [0.717, 1.165) is 17.1 Å². The van der Waals surface area contributed by atoms with Crippen molar-refractivity contribution in [2.45, 2.75) is 24.7 Å². The van der Waals surface area contributed by atoms with Crippen LogP contribution in [-0.2, 0) is 19.6 Å². The van der Waals surface area contributed by atoms with E-state index < -0.39 is 10.0 Å². The lowest BCUT2D eigenvalue weighted by Crippen LogP contribution is -2.38. The first kappa shape index (κ1) is 20.1. The Morgan fingerprint density at radius 1 is 1.17 bits per heavy atom. The second-order valence-electron chi connectivity index (χ2n) is 5.31. The molecule has 0 aliphatic carbocycles. The Morgan fingerprint density at radius 3 is 2.33 bits per heavy atom. The molecule has 0 saturated carbocycles. The van der Waals surface area contributed by atoms with Crippen LogP contribution in [-0.4, -0.2) is 51.2 Å². The zero-order chi connectivity index (χ0) is 18.2. The van der Waals surface area contributed by atoms with E-state index in [0.29, 0.717) is 18.8 Å². The van der Waals surface area contributed by atoms with Gasteiger partial charge in [0.1, 0.15) is 0 Å². The summed E-state index contributed by atoms with van der Waals surface area (Å²) in [6.45, 7) is 2.12. The van der Waals surface area contributed by atoms with Crippen LogP contribution < -0.4 is 16.4 Å². The van der Waals surface area contributed by atoms with Crippen molar-refractivity contribution in [3.8, 4) is 0 Å². The maximum absolute atomic E-state index is 12.4. The van der Waals surface area contributed by atoms with E-state index in [1.165, 1.54) is 38.2 Å². The van der Waals surface area contributed by atoms with Crippen LogP contribution in [0.25, 0.3) is 0 Å². The molecular formula is C15H24N4O4S. The molecule has 1 rings (SSSR count). The minimum atomic E-state index is -3.77. The summed E-state index contributed by atoms with van der Waals surface area (Å²) in [4.78, 5) is 22.8. The van der Waals surface area contributed by atoms with Gasteiger partial charge in [0.05, 0.1) is 11.4 Å². The van der Waals surface area contributed by atoms with E-state index >= 15 is 0 Å². The van der Waals surface area contributed by atoms with Crippen LogP contribution in [0.15, 0.2) is 29.2 Å². The molecule has 0 unspecified atom stereocenters. The SMILES string of the molecule is CC(=O)Nc1ccc(S(=O)(=O)N(C)CC(=O)NCCCCN)cc1. The molecule has 0 atom stereocenters. The van der Waals surface area contributed by atoms with Crippen molar-refractivity contribution in [3.63, 3.8) is 0 Å². The van der Waals surface area contributed by atoms with Crippen LogP contribution in [0.2, 0.25) is 0 Å². The van der Waals surface area contributed by atoms with E-state index in [1.807, 2.05) is 0 Å². The molecule has 0 radical (unpaired) electrons. The standard InChI is InChI=1S/C15H24N4O4S/c1-12(20)18-13-5-7-14(8-6-13)24(22,23)19(2)11-15(21)17-10-4-3-9-16/h5-8H,3-4,9-11,16H2,1-2H3,(H,17,21)(H,18,20). The highest BCUT2D eigenvalue weighted by Gasteiger charge is 2.22. The number of anilines is 1. The summed E-state index contributed by atoms with van der Waals surface area (Å²) in [7, 11) is -2.43. The predicted molar refractivity (Wildman–Crippen MR) is 91.9 cm³/mol. The normalized spacial score (nSPS) is 11.3. The molecule has 0 spiro atoms. The number of nitrogens with one attached hydrogen (secondary N) is 2. The Morgan fingerprint density at radius 2 is 1.79 bits per heavy atom. The van der Waals surface area contributed by atoms with E-state index in [2.05, 4.69) is 10.6 Å². The van der Waals surface area contributed by atoms with Gasteiger partial charge < -0.3 is 16.4 Å². The van der Waals surface area contributed by atoms with E-state index in [4.69, 9.17) is 5.73 Å². The Balaban J connectivity index is 2.66. The number of benzene rings is 1. The molecule has 1 aromatic rings. The molecule has 134 valence electrons. The van der Waals surface area contributed by atoms with Crippen LogP contribution >= 0.6 is 0 Å². The molecule has 0 aliphatic heterocycles. The molecule has 9 heteroatoms. The fraction of sp³-hybridized carbons (Fsp3) is 0.467. The molecular weight excluding hydrogens is 332 g/mol. The summed E-state index contributed by atoms with van der Waals surface area (Å²) in [5, 5.41) is 5.21. The zero-order valence-corrected chi connectivity index (χ0v) is 14.7. The van der Waals surface area contributed by atoms with Gasteiger partial charge in [-0.2, -0.15) is 4.31 Å². The number of nitrogens with zero attached hydrogens (tertiary/aromatic N) is 1. The van der Waals surface area contributed by atoms with Crippen LogP contribution in [0.5, 0.6) is 0 Å². The monoisotopic (exact) mass is 356 g/mol. The van der Waals surface area contributed by atoms with Crippen LogP contribution in [0, 0.1) is 0 Å². The summed E-state index contributed by atoms with van der Waals surface area (Å²) in [5.41, 5.74) is 5.86. The third-order valence-electron chi connectivity index (χ3n) is 3.20. The molecule has 0 heterocycles. The summed E-state index contributed by atoms with van der Waals surface area (Å²) >= 11 is 0. The number of unbranched alkanes of at least 4 members (excludes halogenated alkanes) is 1. The van der Waals surface area contributed by atoms with E-state index in [-0.39, 0.29) is 23.3 Å². The predicted octanol–water partition coefficient (Wildman–Crippen LogP) is 0.121. The van der Waals surface area contributed by atoms with Gasteiger partial charge in [0, 0.05) is 26.2 Å². The molecule has 8 nitrogen and oxygen atoms in total. The third kappa shape index (κ3) is 6.26. The number of rotatable bonds is 9. The Bertz CT molecular complexity index is 659. The van der Waals surface area contributed by atoms with Crippen molar-refractivity contribution < 1.29 is 18.0 Å². The second-order valence-corrected chi connectivity index (χ2v) is 7.36. The smallest absolute Gasteiger partial charge is 0.243 e. The number of nitrogens with two attached hydrogens (primary N) is 1. The minimum Gasteiger partial charge on any atom is -0.355 e. The number of likely N-dealkylation sites (N-methyl/N-ethyl adjacent to an activating group) is 1. The molecule has 0 aliphatic rings. The van der Waals surface area contributed by atoms with Gasteiger partial charge in [0.2, 0.25) is 21.8 Å². The van der Waals surface area contributed by atoms with Gasteiger partial charge in [-0.3, -0.25) is 9.59 Å². The number of carbonyl (C=O) groups excluding carboxylic acids is 2. The van der Waals surface area contributed by atoms with Crippen molar-refractivity contribution >= 4 is 27.5 Å². The highest BCUT2D eigenvalue weighted by atomic mass is 32.2. The Labute approximate surface area is 142 Å². The minimum absolute atomic E-state index is 0.0510. The maximum atomic E-state index is 12.4. The van der Waals surface area contributed by atoms with Crippen LogP contribution in [0.4, 0.5) is 5.69 Å². The highest BCUT2D eigenvalue weighted by molar-refractivity contribution is 7.89. The van der Waals surface area contributed by atoms with E-state index in [9.17, 15) is 18.0 Å². The number of sulfonamides is 1. The fourth-order valence-corrected chi connectivity index (χ4v) is 3.06.